The lowest BCUT2D eigenvalue weighted by molar-refractivity contribution is -0.112. The second-order valence-electron chi connectivity index (χ2n) is 2.52. The first-order chi connectivity index (χ1) is 5.66. The summed E-state index contributed by atoms with van der Waals surface area (Å²) in [5, 5.41) is 18.4. The van der Waals surface area contributed by atoms with Crippen LogP contribution in [0.5, 0.6) is 0 Å². The van der Waals surface area contributed by atoms with Crippen LogP contribution in [0.2, 0.25) is 0 Å². The number of allylic oxidation sites excluding steroid dienone is 3. The summed E-state index contributed by atoms with van der Waals surface area (Å²) in [5.74, 6) is -0.528. The lowest BCUT2D eigenvalue weighted by Crippen LogP contribution is -2.18. The molecule has 0 heterocycles. The van der Waals surface area contributed by atoms with Crippen LogP contribution >= 0.6 is 0 Å². The minimum absolute atomic E-state index is 0.222. The van der Waals surface area contributed by atoms with Crippen molar-refractivity contribution in [1.82, 2.24) is 0 Å². The maximum absolute atomic E-state index is 11.1. The van der Waals surface area contributed by atoms with Gasteiger partial charge in [0.2, 0.25) is 0 Å². The van der Waals surface area contributed by atoms with Crippen LogP contribution in [-0.4, -0.2) is 22.1 Å². The number of carbonyl (C=O) groups is 1. The zero-order valence-electron chi connectivity index (χ0n) is 6.53. The molecule has 0 bridgehead atoms. The fraction of sp³-hybridized carbons (Fsp3) is 0.222. The molecule has 0 aromatic heterocycles. The highest BCUT2D eigenvalue weighted by Gasteiger charge is 2.20. The molecular weight excluding hydrogens is 156 g/mol. The van der Waals surface area contributed by atoms with Gasteiger partial charge >= 0.3 is 0 Å². The van der Waals surface area contributed by atoms with Crippen LogP contribution in [-0.2, 0) is 4.79 Å². The van der Waals surface area contributed by atoms with Gasteiger partial charge in [0.05, 0.1) is 0 Å². The standard InChI is InChI=1S/C9H10O3/c1-2-3-6-7(10)4-5-8(11)9(6)12/h2,4-5,8,11-12H,1,3H2. The third-order valence-electron chi connectivity index (χ3n) is 1.67. The van der Waals surface area contributed by atoms with E-state index < -0.39 is 6.10 Å². The van der Waals surface area contributed by atoms with Crippen molar-refractivity contribution in [1.29, 1.82) is 0 Å². The van der Waals surface area contributed by atoms with Gasteiger partial charge in [-0.15, -0.1) is 6.58 Å². The van der Waals surface area contributed by atoms with E-state index in [0.29, 0.717) is 0 Å². The molecule has 0 amide bonds. The first kappa shape index (κ1) is 8.74. The first-order valence-corrected chi connectivity index (χ1v) is 3.60. The Labute approximate surface area is 70.3 Å². The average Bonchev–Trinajstić information content (AvgIpc) is 2.06. The highest BCUT2D eigenvalue weighted by molar-refractivity contribution is 6.05. The normalized spacial score (nSPS) is 23.1. The quantitative estimate of drug-likeness (QED) is 0.598. The van der Waals surface area contributed by atoms with Gasteiger partial charge in [0.15, 0.2) is 5.78 Å². The van der Waals surface area contributed by atoms with Crippen LogP contribution in [0.3, 0.4) is 0 Å². The van der Waals surface area contributed by atoms with Crippen molar-refractivity contribution in [3.05, 3.63) is 36.1 Å². The maximum Gasteiger partial charge on any atom is 0.185 e. The molecule has 1 unspecified atom stereocenters. The summed E-state index contributed by atoms with van der Waals surface area (Å²) in [6, 6.07) is 0. The molecule has 0 aliphatic heterocycles. The largest absolute Gasteiger partial charge is 0.509 e. The van der Waals surface area contributed by atoms with Gasteiger partial charge in [-0.05, 0) is 18.6 Å². The van der Waals surface area contributed by atoms with Gasteiger partial charge in [-0.2, -0.15) is 0 Å². The Balaban J connectivity index is 2.97. The van der Waals surface area contributed by atoms with Gasteiger partial charge in [-0.25, -0.2) is 0 Å². The average molecular weight is 166 g/mol. The summed E-state index contributed by atoms with van der Waals surface area (Å²) in [6.45, 7) is 3.45. The first-order valence-electron chi connectivity index (χ1n) is 3.60. The van der Waals surface area contributed by atoms with E-state index in [1.54, 1.807) is 0 Å². The van der Waals surface area contributed by atoms with Crippen molar-refractivity contribution in [2.75, 3.05) is 0 Å². The van der Waals surface area contributed by atoms with Crippen LogP contribution in [0.4, 0.5) is 0 Å². The molecule has 1 aliphatic carbocycles. The molecule has 2 N–H and O–H groups in total. The van der Waals surface area contributed by atoms with Crippen molar-refractivity contribution < 1.29 is 15.0 Å². The molecule has 1 aliphatic rings. The molecule has 3 nitrogen and oxygen atoms in total. The number of carbonyl (C=O) groups excluding carboxylic acids is 1. The van der Waals surface area contributed by atoms with Gasteiger partial charge in [-0.3, -0.25) is 4.79 Å². The summed E-state index contributed by atoms with van der Waals surface area (Å²) in [7, 11) is 0. The van der Waals surface area contributed by atoms with Crippen LogP contribution < -0.4 is 0 Å². The second kappa shape index (κ2) is 3.36. The summed E-state index contributed by atoms with van der Waals surface area (Å²) >= 11 is 0. The lowest BCUT2D eigenvalue weighted by Gasteiger charge is -2.13. The highest BCUT2D eigenvalue weighted by Crippen LogP contribution is 2.17. The van der Waals surface area contributed by atoms with Gasteiger partial charge in [0, 0.05) is 5.57 Å². The Morgan fingerprint density at radius 2 is 2.33 bits per heavy atom. The predicted octanol–water partition coefficient (Wildman–Crippen LogP) is 0.874. The molecule has 12 heavy (non-hydrogen) atoms. The van der Waals surface area contributed by atoms with Crippen molar-refractivity contribution in [3.63, 3.8) is 0 Å². The Morgan fingerprint density at radius 1 is 1.67 bits per heavy atom. The fourth-order valence-electron chi connectivity index (χ4n) is 1.02. The van der Waals surface area contributed by atoms with E-state index in [0.717, 1.165) is 0 Å². The van der Waals surface area contributed by atoms with Gasteiger partial charge < -0.3 is 10.2 Å². The number of aliphatic hydroxyl groups is 2. The molecule has 0 saturated carbocycles. The third-order valence-corrected chi connectivity index (χ3v) is 1.67. The van der Waals surface area contributed by atoms with Crippen LogP contribution in [0.1, 0.15) is 6.42 Å². The number of aliphatic hydroxyl groups excluding tert-OH is 2. The van der Waals surface area contributed by atoms with Crippen molar-refractivity contribution in [3.8, 4) is 0 Å². The molecule has 0 aromatic rings. The van der Waals surface area contributed by atoms with Crippen molar-refractivity contribution >= 4 is 5.78 Å². The van der Waals surface area contributed by atoms with Crippen LogP contribution in [0.25, 0.3) is 0 Å². The molecule has 1 rings (SSSR count). The molecular formula is C9H10O3. The number of hydrogen-bond acceptors (Lipinski definition) is 3. The summed E-state index contributed by atoms with van der Waals surface area (Å²) < 4.78 is 0. The Hall–Kier alpha value is -1.35. The maximum atomic E-state index is 11.1. The smallest absolute Gasteiger partial charge is 0.185 e. The molecule has 3 heteroatoms. The zero-order chi connectivity index (χ0) is 9.14. The van der Waals surface area contributed by atoms with E-state index in [-0.39, 0.29) is 23.5 Å². The van der Waals surface area contributed by atoms with E-state index in [2.05, 4.69) is 6.58 Å². The SMILES string of the molecule is C=CCC1=C(O)C(O)C=CC1=O. The molecule has 64 valence electrons. The summed E-state index contributed by atoms with van der Waals surface area (Å²) in [5.41, 5.74) is 0.222. The van der Waals surface area contributed by atoms with Gasteiger partial charge in [0.25, 0.3) is 0 Å². The molecule has 0 spiro atoms. The summed E-state index contributed by atoms with van der Waals surface area (Å²) in [6.07, 6.45) is 3.26. The topological polar surface area (TPSA) is 57.5 Å². The fourth-order valence-corrected chi connectivity index (χ4v) is 1.02. The van der Waals surface area contributed by atoms with E-state index in [1.807, 2.05) is 0 Å². The second-order valence-corrected chi connectivity index (χ2v) is 2.52. The van der Waals surface area contributed by atoms with E-state index in [1.165, 1.54) is 18.2 Å². The Kier molecular flexibility index (Phi) is 2.45. The minimum atomic E-state index is -1.04. The lowest BCUT2D eigenvalue weighted by atomic mass is 9.98. The summed E-state index contributed by atoms with van der Waals surface area (Å²) in [4.78, 5) is 11.1. The Bertz CT molecular complexity index is 273. The van der Waals surface area contributed by atoms with Crippen molar-refractivity contribution in [2.45, 2.75) is 12.5 Å². The van der Waals surface area contributed by atoms with E-state index in [9.17, 15) is 9.90 Å². The third kappa shape index (κ3) is 1.46. The number of ketones is 1. The zero-order valence-corrected chi connectivity index (χ0v) is 6.53. The van der Waals surface area contributed by atoms with Crippen molar-refractivity contribution in [2.24, 2.45) is 0 Å². The highest BCUT2D eigenvalue weighted by atomic mass is 16.3. The van der Waals surface area contributed by atoms with E-state index in [4.69, 9.17) is 5.11 Å². The monoisotopic (exact) mass is 166 g/mol. The number of rotatable bonds is 2. The molecule has 1 atom stereocenters. The predicted molar refractivity (Wildman–Crippen MR) is 44.6 cm³/mol. The van der Waals surface area contributed by atoms with E-state index >= 15 is 0 Å². The van der Waals surface area contributed by atoms with Gasteiger partial charge in [-0.1, -0.05) is 6.08 Å². The molecule has 0 radical (unpaired) electrons. The molecule has 0 aromatic carbocycles. The van der Waals surface area contributed by atoms with Crippen LogP contribution in [0, 0.1) is 0 Å². The number of hydrogen-bond donors (Lipinski definition) is 2. The Morgan fingerprint density at radius 3 is 2.92 bits per heavy atom. The minimum Gasteiger partial charge on any atom is -0.509 e. The molecule has 0 saturated heterocycles. The molecule has 0 fully saturated rings. The van der Waals surface area contributed by atoms with Crippen LogP contribution in [0.15, 0.2) is 36.1 Å². The van der Waals surface area contributed by atoms with Gasteiger partial charge in [0.1, 0.15) is 11.9 Å².